The van der Waals surface area contributed by atoms with Crippen molar-refractivity contribution in [1.29, 1.82) is 0 Å². The normalized spacial score (nSPS) is 14.8. The average molecular weight is 613 g/mol. The Kier molecular flexibility index (Phi) is 12.7. The van der Waals surface area contributed by atoms with Crippen molar-refractivity contribution in [3.05, 3.63) is 95.1 Å². The number of fused-ring (bicyclic) bond motifs is 2. The Balaban J connectivity index is 1.40. The molecule has 9 heteroatoms. The highest BCUT2D eigenvalue weighted by Crippen LogP contribution is 2.33. The highest BCUT2D eigenvalue weighted by molar-refractivity contribution is 5.98. The zero-order valence-corrected chi connectivity index (χ0v) is 26.6. The lowest BCUT2D eigenvalue weighted by atomic mass is 9.96. The Morgan fingerprint density at radius 1 is 0.867 bits per heavy atom. The minimum Gasteiger partial charge on any atom is -0.397 e. The maximum absolute atomic E-state index is 13.2. The van der Waals surface area contributed by atoms with Crippen molar-refractivity contribution in [3.63, 3.8) is 0 Å². The quantitative estimate of drug-likeness (QED) is 0.129. The number of carbonyl (C=O) groups excluding carboxylic acids is 2. The third-order valence-electron chi connectivity index (χ3n) is 8.23. The fourth-order valence-electron chi connectivity index (χ4n) is 5.66. The maximum Gasteiger partial charge on any atom is 0.251 e. The summed E-state index contributed by atoms with van der Waals surface area (Å²) >= 11 is 0. The van der Waals surface area contributed by atoms with Crippen LogP contribution in [-0.2, 0) is 11.3 Å². The van der Waals surface area contributed by atoms with Crippen LogP contribution < -0.4 is 31.9 Å². The van der Waals surface area contributed by atoms with E-state index >= 15 is 0 Å². The molecule has 1 atom stereocenters. The molecule has 240 valence electrons. The van der Waals surface area contributed by atoms with Crippen LogP contribution in [0, 0.1) is 0 Å². The molecule has 0 fully saturated rings. The van der Waals surface area contributed by atoms with Gasteiger partial charge in [0.1, 0.15) is 6.04 Å². The Hall–Kier alpha value is -4.50. The second-order valence-corrected chi connectivity index (χ2v) is 11.5. The highest BCUT2D eigenvalue weighted by Gasteiger charge is 2.22. The fourth-order valence-corrected chi connectivity index (χ4v) is 5.66. The number of carbonyl (C=O) groups is 2. The molecular formula is C36H48N6O3. The van der Waals surface area contributed by atoms with E-state index < -0.39 is 6.04 Å². The van der Waals surface area contributed by atoms with Gasteiger partial charge in [-0.15, -0.1) is 0 Å². The van der Waals surface area contributed by atoms with Crippen LogP contribution in [0.2, 0.25) is 0 Å². The Morgan fingerprint density at radius 3 is 2.31 bits per heavy atom. The molecular weight excluding hydrogens is 564 g/mol. The van der Waals surface area contributed by atoms with Gasteiger partial charge in [0, 0.05) is 68.4 Å². The number of para-hydroxylation sites is 1. The molecule has 0 saturated carbocycles. The van der Waals surface area contributed by atoms with Crippen molar-refractivity contribution in [3.8, 4) is 0 Å². The molecule has 7 N–H and O–H groups in total. The molecule has 9 nitrogen and oxygen atoms in total. The number of benzene rings is 3. The van der Waals surface area contributed by atoms with Gasteiger partial charge in [-0.3, -0.25) is 9.59 Å². The van der Waals surface area contributed by atoms with Crippen molar-refractivity contribution < 1.29 is 14.7 Å². The van der Waals surface area contributed by atoms with Crippen LogP contribution in [0.1, 0.15) is 72.0 Å². The summed E-state index contributed by atoms with van der Waals surface area (Å²) in [6.07, 6.45) is 5.48. The molecule has 0 saturated heterocycles. The van der Waals surface area contributed by atoms with Crippen molar-refractivity contribution in [1.82, 2.24) is 16.0 Å². The van der Waals surface area contributed by atoms with E-state index in [9.17, 15) is 9.59 Å². The summed E-state index contributed by atoms with van der Waals surface area (Å²) in [6.45, 7) is 2.15. The number of aliphatic hydroxyl groups is 1. The number of rotatable bonds is 16. The number of nitrogens with two attached hydrogens (primary N) is 1. The van der Waals surface area contributed by atoms with Crippen LogP contribution in [0.3, 0.4) is 0 Å². The largest absolute Gasteiger partial charge is 0.397 e. The Bertz CT molecular complexity index is 1440. The summed E-state index contributed by atoms with van der Waals surface area (Å²) in [4.78, 5) is 28.5. The van der Waals surface area contributed by atoms with Crippen molar-refractivity contribution >= 4 is 34.6 Å². The van der Waals surface area contributed by atoms with Gasteiger partial charge in [0.2, 0.25) is 5.91 Å². The predicted molar refractivity (Wildman–Crippen MR) is 184 cm³/mol. The number of hydrogen-bond acceptors (Lipinski definition) is 7. The maximum atomic E-state index is 13.2. The van der Waals surface area contributed by atoms with E-state index in [1.165, 1.54) is 5.56 Å². The molecule has 45 heavy (non-hydrogen) atoms. The van der Waals surface area contributed by atoms with E-state index in [1.807, 2.05) is 43.4 Å². The Labute approximate surface area is 267 Å². The fraction of sp³-hybridized carbons (Fsp3) is 0.389. The molecule has 0 aromatic heterocycles. The van der Waals surface area contributed by atoms with E-state index in [2.05, 4.69) is 57.5 Å². The van der Waals surface area contributed by atoms with Crippen molar-refractivity contribution in [2.45, 2.75) is 57.5 Å². The van der Waals surface area contributed by atoms with Crippen LogP contribution in [0.25, 0.3) is 11.4 Å². The second-order valence-electron chi connectivity index (χ2n) is 11.5. The first-order valence-corrected chi connectivity index (χ1v) is 16.0. The molecule has 0 radical (unpaired) electrons. The van der Waals surface area contributed by atoms with Gasteiger partial charge in [-0.1, -0.05) is 55.3 Å². The van der Waals surface area contributed by atoms with E-state index in [1.54, 1.807) is 12.1 Å². The zero-order valence-electron chi connectivity index (χ0n) is 26.6. The number of aliphatic hydroxyl groups excluding tert-OH is 1. The monoisotopic (exact) mass is 612 g/mol. The number of unbranched alkanes of at least 4 members (excludes halogenated alkanes) is 4. The van der Waals surface area contributed by atoms with Crippen LogP contribution in [-0.4, -0.2) is 56.8 Å². The summed E-state index contributed by atoms with van der Waals surface area (Å²) in [5.41, 5.74) is 14.2. The van der Waals surface area contributed by atoms with Gasteiger partial charge >= 0.3 is 0 Å². The molecule has 1 heterocycles. The topological polar surface area (TPSA) is 132 Å². The standard InChI is InChI=1S/C36H48N6O3/c1-38-28-20-18-26(19-21-28)35(44)41-31(36(45)40-23-10-3-4-12-24-43)16-9-11-22-39-34-30-15-7-8-17-32(30)42(2)25-27-13-5-6-14-29(27)33(34)37/h5-8,13-15,17-21,31,38-39,43H,3-4,9-12,16,22-25,37H2,1-2H3,(H,40,45)(H,41,44)/b34-33-. The summed E-state index contributed by atoms with van der Waals surface area (Å²) in [5, 5.41) is 21.6. The lowest BCUT2D eigenvalue weighted by Gasteiger charge is -2.29. The van der Waals surface area contributed by atoms with Gasteiger partial charge in [-0.2, -0.15) is 0 Å². The SMILES string of the molecule is CNc1ccc(C(=O)NC(CCCCN/C2=C(\N)c3ccccc3CN(C)c3ccccc32)C(=O)NCCCCCCO)cc1. The van der Waals surface area contributed by atoms with Crippen LogP contribution in [0.15, 0.2) is 72.8 Å². The molecule has 2 amide bonds. The molecule has 1 unspecified atom stereocenters. The predicted octanol–water partition coefficient (Wildman–Crippen LogP) is 4.69. The number of hydrogen-bond donors (Lipinski definition) is 6. The first-order valence-electron chi connectivity index (χ1n) is 16.0. The minimum atomic E-state index is -0.647. The Morgan fingerprint density at radius 2 is 1.56 bits per heavy atom. The lowest BCUT2D eigenvalue weighted by Crippen LogP contribution is -2.47. The van der Waals surface area contributed by atoms with Crippen LogP contribution in [0.5, 0.6) is 0 Å². The van der Waals surface area contributed by atoms with E-state index in [0.717, 1.165) is 79.0 Å². The average Bonchev–Trinajstić information content (AvgIpc) is 3.06. The first kappa shape index (κ1) is 33.4. The molecule has 1 aliphatic heterocycles. The summed E-state index contributed by atoms with van der Waals surface area (Å²) in [5.74, 6) is -0.448. The van der Waals surface area contributed by atoms with E-state index in [-0.39, 0.29) is 18.4 Å². The van der Waals surface area contributed by atoms with Gasteiger partial charge < -0.3 is 37.0 Å². The third-order valence-corrected chi connectivity index (χ3v) is 8.23. The summed E-state index contributed by atoms with van der Waals surface area (Å²) < 4.78 is 0. The smallest absolute Gasteiger partial charge is 0.251 e. The van der Waals surface area contributed by atoms with Gasteiger partial charge in [0.25, 0.3) is 5.91 Å². The molecule has 1 aliphatic rings. The van der Waals surface area contributed by atoms with Crippen molar-refractivity contribution in [2.75, 3.05) is 44.0 Å². The molecule has 3 aromatic rings. The van der Waals surface area contributed by atoms with Gasteiger partial charge in [-0.25, -0.2) is 0 Å². The number of anilines is 2. The zero-order chi connectivity index (χ0) is 32.0. The second kappa shape index (κ2) is 17.1. The van der Waals surface area contributed by atoms with Gasteiger partial charge in [-0.05, 0) is 68.0 Å². The minimum absolute atomic E-state index is 0.175. The highest BCUT2D eigenvalue weighted by atomic mass is 16.3. The third kappa shape index (κ3) is 9.25. The first-order chi connectivity index (χ1) is 21.9. The number of amides is 2. The summed E-state index contributed by atoms with van der Waals surface area (Å²) in [6, 6.07) is 23.1. The van der Waals surface area contributed by atoms with Crippen LogP contribution in [0.4, 0.5) is 11.4 Å². The van der Waals surface area contributed by atoms with Crippen LogP contribution >= 0.6 is 0 Å². The molecule has 0 bridgehead atoms. The summed E-state index contributed by atoms with van der Waals surface area (Å²) in [7, 11) is 3.92. The molecule has 4 rings (SSSR count). The van der Waals surface area contributed by atoms with Gasteiger partial charge in [0.15, 0.2) is 0 Å². The molecule has 0 spiro atoms. The van der Waals surface area contributed by atoms with E-state index in [0.29, 0.717) is 25.1 Å². The number of nitrogens with zero attached hydrogens (tertiary/aromatic N) is 1. The lowest BCUT2D eigenvalue weighted by molar-refractivity contribution is -0.123. The van der Waals surface area contributed by atoms with E-state index in [4.69, 9.17) is 10.8 Å². The number of nitrogens with one attached hydrogen (secondary N) is 4. The molecule has 0 aliphatic carbocycles. The molecule has 3 aromatic carbocycles. The van der Waals surface area contributed by atoms with Gasteiger partial charge in [0.05, 0.1) is 11.4 Å². The van der Waals surface area contributed by atoms with Crippen molar-refractivity contribution in [2.24, 2.45) is 5.73 Å².